The molecular weight excluding hydrogens is 240 g/mol. The fourth-order valence-corrected chi connectivity index (χ4v) is 2.08. The van der Waals surface area contributed by atoms with E-state index in [2.05, 4.69) is 11.9 Å². The van der Waals surface area contributed by atoms with Crippen LogP contribution in [0.25, 0.3) is 0 Å². The van der Waals surface area contributed by atoms with Crippen molar-refractivity contribution in [3.8, 4) is 0 Å². The van der Waals surface area contributed by atoms with Gasteiger partial charge in [-0.3, -0.25) is 9.59 Å². The third kappa shape index (κ3) is 3.22. The maximum atomic E-state index is 12.3. The van der Waals surface area contributed by atoms with Crippen LogP contribution in [0.3, 0.4) is 0 Å². The summed E-state index contributed by atoms with van der Waals surface area (Å²) in [7, 11) is 0. The van der Waals surface area contributed by atoms with Crippen molar-refractivity contribution in [3.05, 3.63) is 36.4 Å². The van der Waals surface area contributed by atoms with Gasteiger partial charge in [-0.2, -0.15) is 0 Å². The Morgan fingerprint density at radius 2 is 2.11 bits per heavy atom. The van der Waals surface area contributed by atoms with Gasteiger partial charge in [-0.15, -0.1) is 6.58 Å². The molecule has 0 saturated heterocycles. The summed E-state index contributed by atoms with van der Waals surface area (Å²) in [5.74, 6) is -0.0189. The second-order valence-corrected chi connectivity index (χ2v) is 4.82. The minimum atomic E-state index is -0.0531. The molecule has 4 nitrogen and oxygen atoms in total. The highest BCUT2D eigenvalue weighted by Crippen LogP contribution is 2.29. The Labute approximate surface area is 113 Å². The average Bonchev–Trinajstić information content (AvgIpc) is 2.54. The maximum Gasteiger partial charge on any atom is 0.227 e. The number of para-hydroxylation sites is 2. The predicted molar refractivity (Wildman–Crippen MR) is 76.1 cm³/mol. The molecule has 0 aliphatic carbocycles. The quantitative estimate of drug-likeness (QED) is 0.847. The molecule has 1 aromatic carbocycles. The van der Waals surface area contributed by atoms with E-state index < -0.39 is 0 Å². The Hall–Kier alpha value is -2.10. The molecule has 1 heterocycles. The van der Waals surface area contributed by atoms with E-state index >= 15 is 0 Å². The van der Waals surface area contributed by atoms with Gasteiger partial charge in [0.1, 0.15) is 0 Å². The summed E-state index contributed by atoms with van der Waals surface area (Å²) in [6.07, 6.45) is 1.43. The summed E-state index contributed by atoms with van der Waals surface area (Å²) in [5.41, 5.74) is 2.47. The fraction of sp³-hybridized carbons (Fsp3) is 0.333. The molecule has 19 heavy (non-hydrogen) atoms. The second kappa shape index (κ2) is 5.69. The standard InChI is InChI=1S/C15H18N2O2/c1-11(2)7-8-15(19)17-10-9-14(18)16-12-5-3-4-6-13(12)17/h3-6H,1,7-10H2,2H3,(H,16,18). The number of anilines is 2. The first-order chi connectivity index (χ1) is 9.08. The third-order valence-electron chi connectivity index (χ3n) is 3.10. The molecule has 2 rings (SSSR count). The van der Waals surface area contributed by atoms with Crippen molar-refractivity contribution < 1.29 is 9.59 Å². The lowest BCUT2D eigenvalue weighted by Crippen LogP contribution is -2.31. The summed E-state index contributed by atoms with van der Waals surface area (Å²) >= 11 is 0. The number of carbonyl (C=O) groups is 2. The number of rotatable bonds is 3. The summed E-state index contributed by atoms with van der Waals surface area (Å²) < 4.78 is 0. The van der Waals surface area contributed by atoms with Gasteiger partial charge in [-0.25, -0.2) is 0 Å². The number of nitrogens with one attached hydrogen (secondary N) is 1. The maximum absolute atomic E-state index is 12.3. The first-order valence-corrected chi connectivity index (χ1v) is 6.41. The van der Waals surface area contributed by atoms with Crippen molar-refractivity contribution in [2.75, 3.05) is 16.8 Å². The molecule has 1 N–H and O–H groups in total. The van der Waals surface area contributed by atoms with Gasteiger partial charge in [-0.1, -0.05) is 17.7 Å². The van der Waals surface area contributed by atoms with Crippen LogP contribution in [-0.2, 0) is 9.59 Å². The Morgan fingerprint density at radius 3 is 2.84 bits per heavy atom. The van der Waals surface area contributed by atoms with E-state index in [0.717, 1.165) is 11.3 Å². The summed E-state index contributed by atoms with van der Waals surface area (Å²) in [6, 6.07) is 7.40. The lowest BCUT2D eigenvalue weighted by molar-refractivity contribution is -0.118. The molecule has 1 aromatic rings. The molecule has 0 spiro atoms. The Balaban J connectivity index is 2.23. The molecule has 0 atom stereocenters. The van der Waals surface area contributed by atoms with Crippen LogP contribution in [0.15, 0.2) is 36.4 Å². The minimum absolute atomic E-state index is 0.0342. The van der Waals surface area contributed by atoms with E-state index in [1.165, 1.54) is 0 Å². The monoisotopic (exact) mass is 258 g/mol. The molecule has 0 fully saturated rings. The zero-order valence-corrected chi connectivity index (χ0v) is 11.1. The smallest absolute Gasteiger partial charge is 0.227 e. The minimum Gasteiger partial charge on any atom is -0.324 e. The molecule has 0 aromatic heterocycles. The van der Waals surface area contributed by atoms with Gasteiger partial charge >= 0.3 is 0 Å². The zero-order valence-electron chi connectivity index (χ0n) is 11.1. The van der Waals surface area contributed by atoms with Gasteiger partial charge in [0.2, 0.25) is 11.8 Å². The van der Waals surface area contributed by atoms with Gasteiger partial charge in [0.05, 0.1) is 11.4 Å². The molecule has 0 unspecified atom stereocenters. The van der Waals surface area contributed by atoms with Gasteiger partial charge < -0.3 is 10.2 Å². The van der Waals surface area contributed by atoms with Gasteiger partial charge in [-0.05, 0) is 25.5 Å². The van der Waals surface area contributed by atoms with Crippen LogP contribution >= 0.6 is 0 Å². The van der Waals surface area contributed by atoms with Gasteiger partial charge in [0.25, 0.3) is 0 Å². The normalized spacial score (nSPS) is 14.4. The summed E-state index contributed by atoms with van der Waals surface area (Å²) in [5, 5.41) is 2.82. The molecule has 1 aliphatic heterocycles. The average molecular weight is 258 g/mol. The van der Waals surface area contributed by atoms with Crippen LogP contribution in [0, 0.1) is 0 Å². The predicted octanol–water partition coefficient (Wildman–Crippen LogP) is 2.72. The molecule has 1 aliphatic rings. The van der Waals surface area contributed by atoms with E-state index in [4.69, 9.17) is 0 Å². The number of allylic oxidation sites excluding steroid dienone is 1. The molecule has 4 heteroatoms. The SMILES string of the molecule is C=C(C)CCC(=O)N1CCC(=O)Nc2ccccc21. The molecule has 0 radical (unpaired) electrons. The van der Waals surface area contributed by atoms with Crippen LogP contribution in [0.2, 0.25) is 0 Å². The number of benzene rings is 1. The highest BCUT2D eigenvalue weighted by atomic mass is 16.2. The van der Waals surface area contributed by atoms with Crippen molar-refractivity contribution in [3.63, 3.8) is 0 Å². The topological polar surface area (TPSA) is 49.4 Å². The number of amides is 2. The van der Waals surface area contributed by atoms with Crippen molar-refractivity contribution in [1.29, 1.82) is 0 Å². The highest BCUT2D eigenvalue weighted by Gasteiger charge is 2.23. The van der Waals surface area contributed by atoms with E-state index in [9.17, 15) is 9.59 Å². The first kappa shape index (κ1) is 13.3. The Bertz CT molecular complexity index is 523. The van der Waals surface area contributed by atoms with E-state index in [1.54, 1.807) is 4.90 Å². The van der Waals surface area contributed by atoms with Crippen LogP contribution in [-0.4, -0.2) is 18.4 Å². The van der Waals surface area contributed by atoms with Crippen molar-refractivity contribution in [2.24, 2.45) is 0 Å². The third-order valence-corrected chi connectivity index (χ3v) is 3.10. The van der Waals surface area contributed by atoms with Gasteiger partial charge in [0.15, 0.2) is 0 Å². The van der Waals surface area contributed by atoms with Crippen molar-refractivity contribution in [1.82, 2.24) is 0 Å². The molecule has 2 amide bonds. The molecular formula is C15H18N2O2. The van der Waals surface area contributed by atoms with Crippen LogP contribution in [0.4, 0.5) is 11.4 Å². The second-order valence-electron chi connectivity index (χ2n) is 4.82. The number of carbonyl (C=O) groups excluding carboxylic acids is 2. The lowest BCUT2D eigenvalue weighted by Gasteiger charge is -2.22. The number of fused-ring (bicyclic) bond motifs is 1. The highest BCUT2D eigenvalue weighted by molar-refractivity contribution is 6.03. The summed E-state index contributed by atoms with van der Waals surface area (Å²) in [4.78, 5) is 25.6. The summed E-state index contributed by atoms with van der Waals surface area (Å²) in [6.45, 7) is 6.15. The van der Waals surface area contributed by atoms with Crippen LogP contribution < -0.4 is 10.2 Å². The molecule has 0 saturated carbocycles. The van der Waals surface area contributed by atoms with E-state index in [-0.39, 0.29) is 11.8 Å². The molecule has 100 valence electrons. The van der Waals surface area contributed by atoms with E-state index in [0.29, 0.717) is 31.5 Å². The fourth-order valence-electron chi connectivity index (χ4n) is 2.08. The molecule has 0 bridgehead atoms. The van der Waals surface area contributed by atoms with Crippen LogP contribution in [0.1, 0.15) is 26.2 Å². The van der Waals surface area contributed by atoms with Gasteiger partial charge in [0, 0.05) is 19.4 Å². The van der Waals surface area contributed by atoms with Crippen LogP contribution in [0.5, 0.6) is 0 Å². The largest absolute Gasteiger partial charge is 0.324 e. The van der Waals surface area contributed by atoms with Crippen molar-refractivity contribution >= 4 is 23.2 Å². The van der Waals surface area contributed by atoms with Crippen molar-refractivity contribution in [2.45, 2.75) is 26.2 Å². The number of nitrogens with zero attached hydrogens (tertiary/aromatic N) is 1. The zero-order chi connectivity index (χ0) is 13.8. The number of hydrogen-bond acceptors (Lipinski definition) is 2. The van der Waals surface area contributed by atoms with E-state index in [1.807, 2.05) is 31.2 Å². The Morgan fingerprint density at radius 1 is 1.37 bits per heavy atom. The first-order valence-electron chi connectivity index (χ1n) is 6.41. The number of hydrogen-bond donors (Lipinski definition) is 1. The lowest BCUT2D eigenvalue weighted by atomic mass is 10.1. The Kier molecular flexibility index (Phi) is 4.00.